The van der Waals surface area contributed by atoms with Crippen LogP contribution in [0.5, 0.6) is 0 Å². The molecule has 104 valence electrons. The zero-order valence-corrected chi connectivity index (χ0v) is 18.2. The Kier molecular flexibility index (Phi) is 6.54. The first-order valence-corrected chi connectivity index (χ1v) is 7.06. The zero-order valence-electron chi connectivity index (χ0n) is 12.5. The summed E-state index contributed by atoms with van der Waals surface area (Å²) >= 11 is 6.23. The molecule has 0 N–H and O–H groups in total. The summed E-state index contributed by atoms with van der Waals surface area (Å²) in [5, 5.41) is 0.152. The van der Waals surface area contributed by atoms with Crippen molar-refractivity contribution in [1.29, 1.82) is 0 Å². The van der Waals surface area contributed by atoms with Gasteiger partial charge in [-0.2, -0.15) is 30.3 Å². The number of hydrogen-bond acceptors (Lipinski definition) is 0. The summed E-state index contributed by atoms with van der Waals surface area (Å²) in [6, 6.07) is 21.6. The monoisotopic (exact) mass is 380 g/mol. The molecule has 0 unspecified atom stereocenters. The Morgan fingerprint density at radius 2 is 1.36 bits per heavy atom. The minimum absolute atomic E-state index is 0. The summed E-state index contributed by atoms with van der Waals surface area (Å²) in [5.41, 5.74) is 4.06. The summed E-state index contributed by atoms with van der Waals surface area (Å²) in [5.74, 6) is -0.383. The van der Waals surface area contributed by atoms with E-state index in [1.54, 1.807) is 18.2 Å². The molecule has 0 aliphatic carbocycles. The van der Waals surface area contributed by atoms with Crippen molar-refractivity contribution < 1.29 is 62.6 Å². The van der Waals surface area contributed by atoms with Crippen LogP contribution in [-0.4, -0.2) is 0 Å². The molecule has 3 heteroatoms. The number of rotatable bonds is 2. The molecule has 0 nitrogen and oxygen atoms in total. The van der Waals surface area contributed by atoms with Gasteiger partial charge in [-0.25, -0.2) is 4.39 Å². The molecule has 0 heterocycles. The van der Waals surface area contributed by atoms with Gasteiger partial charge in [0.05, 0.1) is 5.02 Å². The average Bonchev–Trinajstić information content (AvgIpc) is 2.52. The molecule has 0 bridgehead atoms. The van der Waals surface area contributed by atoms with E-state index in [0.717, 1.165) is 16.7 Å². The summed E-state index contributed by atoms with van der Waals surface area (Å²) in [7, 11) is 0. The van der Waals surface area contributed by atoms with Gasteiger partial charge >= 0.3 is 58.2 Å². The summed E-state index contributed by atoms with van der Waals surface area (Å²) < 4.78 is 14.6. The van der Waals surface area contributed by atoms with Gasteiger partial charge in [0.25, 0.3) is 0 Å². The number of halogens is 2. The maximum Gasteiger partial charge on any atom is 1.00 e. The Morgan fingerprint density at radius 1 is 0.818 bits per heavy atom. The quantitative estimate of drug-likeness (QED) is 0.599. The van der Waals surface area contributed by atoms with Crippen molar-refractivity contribution in [3.63, 3.8) is 0 Å². The fourth-order valence-corrected chi connectivity index (χ4v) is 2.57. The minimum atomic E-state index is -0.383. The van der Waals surface area contributed by atoms with E-state index in [1.807, 2.05) is 49.4 Å². The third-order valence-corrected chi connectivity index (χ3v) is 3.84. The fraction of sp³-hybridized carbons (Fsp3) is 0.0526. The van der Waals surface area contributed by atoms with Gasteiger partial charge in [0.2, 0.25) is 0 Å². The maximum atomic E-state index is 14.6. The number of benzene rings is 3. The molecule has 3 rings (SSSR count). The van der Waals surface area contributed by atoms with Crippen molar-refractivity contribution >= 4 is 11.6 Å². The van der Waals surface area contributed by atoms with Gasteiger partial charge < -0.3 is 0 Å². The summed E-state index contributed by atoms with van der Waals surface area (Å²) in [6.07, 6.45) is 0. The van der Waals surface area contributed by atoms with E-state index in [1.165, 1.54) is 0 Å². The molecule has 0 spiro atoms. The van der Waals surface area contributed by atoms with Gasteiger partial charge in [0, 0.05) is 5.56 Å². The van der Waals surface area contributed by atoms with Crippen LogP contribution in [0.25, 0.3) is 22.3 Å². The van der Waals surface area contributed by atoms with Crippen molar-refractivity contribution in [2.45, 2.75) is 6.92 Å². The van der Waals surface area contributed by atoms with Gasteiger partial charge in [0.15, 0.2) is 0 Å². The second-order valence-electron chi connectivity index (χ2n) is 4.94. The van der Waals surface area contributed by atoms with Gasteiger partial charge in [-0.1, -0.05) is 53.6 Å². The van der Waals surface area contributed by atoms with Crippen LogP contribution < -0.4 is 58.2 Å². The molecule has 0 amide bonds. The Bertz CT molecular complexity index is 767. The SMILES string of the molecule is Cc1ccc(-c2ccc(-c3cc[c-]cc3)c(Cl)c2F)cc1.[Rb+]. The molecule has 0 fully saturated rings. The molecule has 0 atom stereocenters. The summed E-state index contributed by atoms with van der Waals surface area (Å²) in [6.45, 7) is 2.00. The normalized spacial score (nSPS) is 10.1. The van der Waals surface area contributed by atoms with E-state index in [9.17, 15) is 4.39 Å². The van der Waals surface area contributed by atoms with Crippen LogP contribution in [0.4, 0.5) is 4.39 Å². The predicted octanol–water partition coefficient (Wildman–Crippen LogP) is 2.93. The molecular formula is C19H13ClFRb. The molecule has 22 heavy (non-hydrogen) atoms. The van der Waals surface area contributed by atoms with Gasteiger partial charge in [0.1, 0.15) is 5.82 Å². The van der Waals surface area contributed by atoms with Crippen LogP contribution >= 0.6 is 11.6 Å². The molecule has 0 radical (unpaired) electrons. The van der Waals surface area contributed by atoms with Crippen LogP contribution in [0.15, 0.2) is 60.7 Å². The van der Waals surface area contributed by atoms with E-state index >= 15 is 0 Å². The molecule has 0 saturated carbocycles. The van der Waals surface area contributed by atoms with Crippen molar-refractivity contribution in [3.8, 4) is 22.3 Å². The van der Waals surface area contributed by atoms with Crippen LogP contribution in [0.1, 0.15) is 5.56 Å². The van der Waals surface area contributed by atoms with Crippen LogP contribution in [-0.2, 0) is 0 Å². The standard InChI is InChI=1S/C19H13ClF.Rb/c1-13-7-9-15(10-8-13)17-12-11-16(18(20)19(17)21)14-5-3-2-4-6-14;/h3-12H,1H3;/q-1;+1. The molecule has 0 aliphatic rings. The van der Waals surface area contributed by atoms with E-state index in [4.69, 9.17) is 11.6 Å². The zero-order chi connectivity index (χ0) is 14.8. The van der Waals surface area contributed by atoms with E-state index < -0.39 is 0 Å². The van der Waals surface area contributed by atoms with E-state index in [-0.39, 0.29) is 69.0 Å². The largest absolute Gasteiger partial charge is 1.00 e. The Labute approximate surface area is 184 Å². The molecular weight excluding hydrogens is 368 g/mol. The van der Waals surface area contributed by atoms with E-state index in [2.05, 4.69) is 6.07 Å². The second-order valence-corrected chi connectivity index (χ2v) is 5.32. The summed E-state index contributed by atoms with van der Waals surface area (Å²) in [4.78, 5) is 0. The number of aryl methyl sites for hydroxylation is 1. The van der Waals surface area contributed by atoms with Crippen molar-refractivity contribution in [1.82, 2.24) is 0 Å². The Hall–Kier alpha value is -0.315. The van der Waals surface area contributed by atoms with E-state index in [0.29, 0.717) is 11.1 Å². The smallest absolute Gasteiger partial charge is 0.205 e. The van der Waals surface area contributed by atoms with Crippen molar-refractivity contribution in [3.05, 3.63) is 83.1 Å². The van der Waals surface area contributed by atoms with Crippen LogP contribution in [0.2, 0.25) is 5.02 Å². The van der Waals surface area contributed by atoms with Crippen LogP contribution in [0, 0.1) is 18.8 Å². The Balaban J connectivity index is 0.00000176. The Morgan fingerprint density at radius 3 is 2.00 bits per heavy atom. The molecule has 0 aromatic heterocycles. The molecule has 0 saturated heterocycles. The number of hydrogen-bond donors (Lipinski definition) is 0. The van der Waals surface area contributed by atoms with Crippen molar-refractivity contribution in [2.75, 3.05) is 0 Å². The molecule has 3 aromatic carbocycles. The van der Waals surface area contributed by atoms with Gasteiger partial charge in [-0.05, 0) is 18.1 Å². The van der Waals surface area contributed by atoms with Crippen LogP contribution in [0.3, 0.4) is 0 Å². The first-order chi connectivity index (χ1) is 10.2. The molecule has 0 aliphatic heterocycles. The maximum absolute atomic E-state index is 14.6. The third-order valence-electron chi connectivity index (χ3n) is 3.47. The average molecular weight is 381 g/mol. The third kappa shape index (κ3) is 3.77. The minimum Gasteiger partial charge on any atom is -0.205 e. The first kappa shape index (κ1) is 18.0. The molecule has 3 aromatic rings. The topological polar surface area (TPSA) is 0 Å². The fourth-order valence-electron chi connectivity index (χ4n) is 2.29. The van der Waals surface area contributed by atoms with Gasteiger partial charge in [-0.3, -0.25) is 0 Å². The second kappa shape index (κ2) is 7.98. The predicted molar refractivity (Wildman–Crippen MR) is 85.9 cm³/mol. The first-order valence-electron chi connectivity index (χ1n) is 6.68. The van der Waals surface area contributed by atoms with Crippen molar-refractivity contribution in [2.24, 2.45) is 0 Å². The van der Waals surface area contributed by atoms with Gasteiger partial charge in [-0.15, -0.1) is 5.56 Å².